The quantitative estimate of drug-likeness (QED) is 0.558. The maximum absolute atomic E-state index is 13.0. The summed E-state index contributed by atoms with van der Waals surface area (Å²) in [5.41, 5.74) is 0.177. The van der Waals surface area contributed by atoms with Gasteiger partial charge in [-0.25, -0.2) is 16.8 Å². The number of hydrogen-bond donors (Lipinski definition) is 2. The summed E-state index contributed by atoms with van der Waals surface area (Å²) in [7, 11) is -8.26. The van der Waals surface area contributed by atoms with E-state index in [2.05, 4.69) is 10.6 Å². The summed E-state index contributed by atoms with van der Waals surface area (Å²) in [5, 5.41) is 6.17. The molecule has 0 spiro atoms. The minimum absolute atomic E-state index is 0.0418. The zero-order valence-electron chi connectivity index (χ0n) is 17.8. The first kappa shape index (κ1) is 25.6. The number of nitrogens with one attached hydrogen (secondary N) is 2. The highest BCUT2D eigenvalue weighted by molar-refractivity contribution is 8.09. The maximum atomic E-state index is 13.0. The molecule has 0 radical (unpaired) electrons. The summed E-state index contributed by atoms with van der Waals surface area (Å²) in [6, 6.07) is 8.42. The van der Waals surface area contributed by atoms with Crippen LogP contribution in [0.25, 0.3) is 0 Å². The van der Waals surface area contributed by atoms with Gasteiger partial charge in [-0.1, -0.05) is 23.2 Å². The van der Waals surface area contributed by atoms with Crippen molar-refractivity contribution in [2.24, 2.45) is 0 Å². The van der Waals surface area contributed by atoms with Crippen LogP contribution >= 0.6 is 23.2 Å². The van der Waals surface area contributed by atoms with Crippen molar-refractivity contribution in [1.82, 2.24) is 5.32 Å². The monoisotopic (exact) mass is 535 g/mol. The van der Waals surface area contributed by atoms with E-state index in [1.807, 2.05) is 0 Å². The van der Waals surface area contributed by atoms with Crippen molar-refractivity contribution in [2.45, 2.75) is 18.9 Å². The molecule has 13 heteroatoms. The number of sulfonamides is 2. The van der Waals surface area contributed by atoms with E-state index in [9.17, 15) is 21.6 Å². The fourth-order valence-corrected chi connectivity index (χ4v) is 6.77. The van der Waals surface area contributed by atoms with Gasteiger partial charge < -0.3 is 15.4 Å². The predicted octanol–water partition coefficient (Wildman–Crippen LogP) is 3.10. The predicted molar refractivity (Wildman–Crippen MR) is 130 cm³/mol. The fraction of sp³-hybridized carbons (Fsp3) is 0.350. The van der Waals surface area contributed by atoms with E-state index < -0.39 is 26.0 Å². The van der Waals surface area contributed by atoms with Crippen LogP contribution in [0, 0.1) is 0 Å². The third kappa shape index (κ3) is 6.51. The minimum atomic E-state index is -4.13. The summed E-state index contributed by atoms with van der Waals surface area (Å²) >= 11 is 12.3. The van der Waals surface area contributed by atoms with E-state index in [0.29, 0.717) is 10.8 Å². The highest BCUT2D eigenvalue weighted by atomic mass is 35.5. The van der Waals surface area contributed by atoms with Crippen molar-refractivity contribution < 1.29 is 26.4 Å². The molecule has 3 rings (SSSR count). The van der Waals surface area contributed by atoms with E-state index >= 15 is 0 Å². The van der Waals surface area contributed by atoms with Gasteiger partial charge in [-0.15, -0.1) is 0 Å². The van der Waals surface area contributed by atoms with E-state index in [4.69, 9.17) is 27.9 Å². The van der Waals surface area contributed by atoms with Crippen molar-refractivity contribution in [3.05, 3.63) is 52.0 Å². The van der Waals surface area contributed by atoms with Crippen LogP contribution in [0.15, 0.2) is 36.4 Å². The second-order valence-corrected chi connectivity index (χ2v) is 12.3. The first-order valence-electron chi connectivity index (χ1n) is 9.84. The molecule has 1 aliphatic heterocycles. The smallest absolute Gasteiger partial charge is 0.259 e. The molecule has 1 saturated heterocycles. The van der Waals surface area contributed by atoms with Crippen LogP contribution in [-0.2, 0) is 20.0 Å². The van der Waals surface area contributed by atoms with Crippen molar-refractivity contribution in [3.63, 3.8) is 0 Å². The Balaban J connectivity index is 1.87. The Kier molecular flexibility index (Phi) is 7.80. The van der Waals surface area contributed by atoms with Crippen LogP contribution in [0.5, 0.6) is 5.75 Å². The number of hydrogen-bond acceptors (Lipinski definition) is 7. The van der Waals surface area contributed by atoms with E-state index in [1.54, 1.807) is 12.1 Å². The SMILES string of the molecule is CS(=O)(=O)N(c1ccc(NC(=O)c2cc(Cl)ccc2OC2CCNCC2)c(Cl)c1)S(C)(=O)=O. The normalized spacial score (nSPS) is 15.2. The average Bonchev–Trinajstić information content (AvgIpc) is 2.70. The molecule has 0 atom stereocenters. The highest BCUT2D eigenvalue weighted by Gasteiger charge is 2.28. The lowest BCUT2D eigenvalue weighted by Gasteiger charge is -2.25. The lowest BCUT2D eigenvalue weighted by Crippen LogP contribution is -2.35. The van der Waals surface area contributed by atoms with E-state index in [0.717, 1.165) is 44.5 Å². The largest absolute Gasteiger partial charge is 0.489 e. The Hall–Kier alpha value is -2.05. The molecule has 1 heterocycles. The number of amides is 1. The van der Waals surface area contributed by atoms with Crippen LogP contribution < -0.4 is 19.1 Å². The number of rotatable bonds is 7. The summed E-state index contributed by atoms with van der Waals surface area (Å²) in [6.07, 6.45) is 3.09. The van der Waals surface area contributed by atoms with E-state index in [-0.39, 0.29) is 31.8 Å². The molecule has 9 nitrogen and oxygen atoms in total. The van der Waals surface area contributed by atoms with Crippen molar-refractivity contribution in [3.8, 4) is 5.75 Å². The Labute approximate surface area is 203 Å². The van der Waals surface area contributed by atoms with Gasteiger partial charge in [-0.05, 0) is 62.3 Å². The topological polar surface area (TPSA) is 122 Å². The maximum Gasteiger partial charge on any atom is 0.259 e. The second kappa shape index (κ2) is 10.1. The third-order valence-corrected chi connectivity index (χ3v) is 8.58. The number of ether oxygens (including phenoxy) is 1. The number of anilines is 2. The first-order chi connectivity index (χ1) is 15.4. The van der Waals surface area contributed by atoms with Crippen molar-refractivity contribution in [2.75, 3.05) is 34.6 Å². The molecule has 1 amide bonds. The molecule has 1 aliphatic rings. The molecule has 0 saturated carbocycles. The number of carbonyl (C=O) groups excluding carboxylic acids is 1. The van der Waals surface area contributed by atoms with Crippen molar-refractivity contribution in [1.29, 1.82) is 0 Å². The standard InChI is InChI=1S/C20H23Cl2N3O6S2/c1-32(27,28)25(33(2,29)30)14-4-5-18(17(22)12-14)24-20(26)16-11-13(21)3-6-19(16)31-15-7-9-23-10-8-15/h3-6,11-12,15,23H,7-10H2,1-2H3,(H,24,26). The molecule has 0 bridgehead atoms. The van der Waals surface area contributed by atoms with Gasteiger partial charge in [-0.3, -0.25) is 4.79 Å². The molecule has 180 valence electrons. The van der Waals surface area contributed by atoms with Gasteiger partial charge in [0.1, 0.15) is 11.9 Å². The summed E-state index contributed by atoms with van der Waals surface area (Å²) in [4.78, 5) is 13.0. The molecule has 33 heavy (non-hydrogen) atoms. The van der Waals surface area contributed by atoms with Crippen LogP contribution in [0.2, 0.25) is 10.0 Å². The van der Waals surface area contributed by atoms with Gasteiger partial charge >= 0.3 is 0 Å². The van der Waals surface area contributed by atoms with Crippen LogP contribution in [0.1, 0.15) is 23.2 Å². The molecule has 0 unspecified atom stereocenters. The number of piperidine rings is 1. The molecular weight excluding hydrogens is 513 g/mol. The summed E-state index contributed by atoms with van der Waals surface area (Å²) in [5.74, 6) is -0.170. The number of benzene rings is 2. The van der Waals surface area contributed by atoms with Crippen LogP contribution in [0.3, 0.4) is 0 Å². The lowest BCUT2D eigenvalue weighted by atomic mass is 10.1. The zero-order chi connectivity index (χ0) is 24.4. The van der Waals surface area contributed by atoms with Crippen LogP contribution in [0.4, 0.5) is 11.4 Å². The van der Waals surface area contributed by atoms with Gasteiger partial charge in [0, 0.05) is 5.02 Å². The number of nitrogens with zero attached hydrogens (tertiary/aromatic N) is 1. The number of carbonyl (C=O) groups is 1. The lowest BCUT2D eigenvalue weighted by molar-refractivity contribution is 0.101. The Morgan fingerprint density at radius 3 is 2.24 bits per heavy atom. The summed E-state index contributed by atoms with van der Waals surface area (Å²) < 4.78 is 54.2. The molecule has 0 aromatic heterocycles. The second-order valence-electron chi connectivity index (χ2n) is 7.55. The fourth-order valence-electron chi connectivity index (χ4n) is 3.41. The Bertz CT molecular complexity index is 1230. The molecule has 0 aliphatic carbocycles. The van der Waals surface area contributed by atoms with Gasteiger partial charge in [0.15, 0.2) is 0 Å². The molecule has 2 N–H and O–H groups in total. The van der Waals surface area contributed by atoms with Crippen LogP contribution in [-0.4, -0.2) is 54.4 Å². The third-order valence-electron chi connectivity index (χ3n) is 4.78. The number of halogens is 2. The molecular formula is C20H23Cl2N3O6S2. The first-order valence-corrected chi connectivity index (χ1v) is 14.3. The van der Waals surface area contributed by atoms with Gasteiger partial charge in [-0.2, -0.15) is 3.71 Å². The molecule has 2 aromatic rings. The Morgan fingerprint density at radius 1 is 1.03 bits per heavy atom. The highest BCUT2D eigenvalue weighted by Crippen LogP contribution is 2.32. The molecule has 2 aromatic carbocycles. The minimum Gasteiger partial charge on any atom is -0.489 e. The van der Waals surface area contributed by atoms with Gasteiger partial charge in [0.05, 0.1) is 34.5 Å². The van der Waals surface area contributed by atoms with E-state index in [1.165, 1.54) is 18.2 Å². The average molecular weight is 536 g/mol. The zero-order valence-corrected chi connectivity index (χ0v) is 21.0. The van der Waals surface area contributed by atoms with Gasteiger partial charge in [0.25, 0.3) is 5.91 Å². The summed E-state index contributed by atoms with van der Waals surface area (Å²) in [6.45, 7) is 1.64. The molecule has 1 fully saturated rings. The van der Waals surface area contributed by atoms with Gasteiger partial charge in [0.2, 0.25) is 20.0 Å². The van der Waals surface area contributed by atoms with Crippen molar-refractivity contribution >= 4 is 60.5 Å². The Morgan fingerprint density at radius 2 is 1.67 bits per heavy atom.